The Hall–Kier alpha value is -2.55. The topological polar surface area (TPSA) is 39.4 Å². The van der Waals surface area contributed by atoms with Crippen LogP contribution in [0.1, 0.15) is 23.6 Å². The van der Waals surface area contributed by atoms with Crippen molar-refractivity contribution in [1.29, 1.82) is 0 Å². The van der Waals surface area contributed by atoms with Gasteiger partial charge in [-0.05, 0) is 36.6 Å². The second-order valence-electron chi connectivity index (χ2n) is 5.28. The van der Waals surface area contributed by atoms with E-state index in [-0.39, 0.29) is 5.63 Å². The fourth-order valence-corrected chi connectivity index (χ4v) is 2.61. The van der Waals surface area contributed by atoms with E-state index >= 15 is 0 Å². The summed E-state index contributed by atoms with van der Waals surface area (Å²) in [6.07, 6.45) is 0.677. The van der Waals surface area contributed by atoms with Crippen LogP contribution in [-0.4, -0.2) is 0 Å². The Labute approximate surface area is 129 Å². The van der Waals surface area contributed by atoms with Crippen molar-refractivity contribution in [1.82, 2.24) is 0 Å². The monoisotopic (exact) mass is 294 g/mol. The molecule has 3 heteroatoms. The predicted molar refractivity (Wildman–Crippen MR) is 87.4 cm³/mol. The summed E-state index contributed by atoms with van der Waals surface area (Å²) in [5, 5.41) is 0.962. The molecule has 0 saturated carbocycles. The Balaban J connectivity index is 1.92. The van der Waals surface area contributed by atoms with Crippen LogP contribution in [0.15, 0.2) is 57.7 Å². The van der Waals surface area contributed by atoms with Crippen LogP contribution >= 0.6 is 0 Å². The van der Waals surface area contributed by atoms with Crippen LogP contribution in [0.2, 0.25) is 0 Å². The summed E-state index contributed by atoms with van der Waals surface area (Å²) in [4.78, 5) is 12.0. The van der Waals surface area contributed by atoms with E-state index < -0.39 is 0 Å². The molecular formula is C19H18O3. The number of rotatable bonds is 4. The zero-order valence-electron chi connectivity index (χ0n) is 12.8. The van der Waals surface area contributed by atoms with Gasteiger partial charge in [0.25, 0.3) is 0 Å². The molecule has 0 fully saturated rings. The Bertz CT molecular complexity index is 848. The molecule has 0 radical (unpaired) electrons. The van der Waals surface area contributed by atoms with Gasteiger partial charge in [0, 0.05) is 17.0 Å². The Kier molecular flexibility index (Phi) is 3.96. The van der Waals surface area contributed by atoms with Gasteiger partial charge in [-0.1, -0.05) is 37.3 Å². The lowest BCUT2D eigenvalue weighted by molar-refractivity contribution is 0.306. The van der Waals surface area contributed by atoms with Crippen LogP contribution in [0, 0.1) is 6.92 Å². The third-order valence-corrected chi connectivity index (χ3v) is 3.86. The lowest BCUT2D eigenvalue weighted by atomic mass is 10.0. The van der Waals surface area contributed by atoms with Gasteiger partial charge in [0.1, 0.15) is 17.9 Å². The molecule has 3 nitrogen and oxygen atoms in total. The summed E-state index contributed by atoms with van der Waals surface area (Å²) in [7, 11) is 0. The zero-order valence-corrected chi connectivity index (χ0v) is 12.8. The molecule has 0 unspecified atom stereocenters. The van der Waals surface area contributed by atoms with Crippen LogP contribution in [0.3, 0.4) is 0 Å². The maximum atomic E-state index is 12.0. The Morgan fingerprint density at radius 2 is 1.86 bits per heavy atom. The van der Waals surface area contributed by atoms with E-state index in [1.54, 1.807) is 6.07 Å². The first-order valence-corrected chi connectivity index (χ1v) is 7.42. The molecule has 1 heterocycles. The van der Waals surface area contributed by atoms with E-state index in [2.05, 4.69) is 0 Å². The summed E-state index contributed by atoms with van der Waals surface area (Å²) in [6.45, 7) is 4.41. The molecule has 22 heavy (non-hydrogen) atoms. The highest BCUT2D eigenvalue weighted by molar-refractivity contribution is 5.82. The number of ether oxygens (including phenoxy) is 1. The lowest BCUT2D eigenvalue weighted by Gasteiger charge is -2.09. The summed E-state index contributed by atoms with van der Waals surface area (Å²) < 4.78 is 11.2. The quantitative estimate of drug-likeness (QED) is 0.675. The molecule has 0 aliphatic carbocycles. The Morgan fingerprint density at radius 1 is 1.09 bits per heavy atom. The molecule has 0 atom stereocenters. The minimum absolute atomic E-state index is 0.257. The maximum Gasteiger partial charge on any atom is 0.339 e. The molecular weight excluding hydrogens is 276 g/mol. The fraction of sp³-hybridized carbons (Fsp3) is 0.211. The number of aryl methyl sites for hydroxylation is 1. The smallest absolute Gasteiger partial charge is 0.339 e. The van der Waals surface area contributed by atoms with Crippen molar-refractivity contribution >= 4 is 11.0 Å². The average Bonchev–Trinajstić information content (AvgIpc) is 2.54. The number of fused-ring (bicyclic) bond motifs is 1. The minimum atomic E-state index is -0.257. The van der Waals surface area contributed by atoms with Crippen molar-refractivity contribution in [3.8, 4) is 5.75 Å². The van der Waals surface area contributed by atoms with Crippen LogP contribution in [0.25, 0.3) is 11.0 Å². The zero-order chi connectivity index (χ0) is 15.5. The van der Waals surface area contributed by atoms with E-state index in [9.17, 15) is 4.79 Å². The summed E-state index contributed by atoms with van der Waals surface area (Å²) in [6, 6.07) is 15.6. The van der Waals surface area contributed by atoms with Gasteiger partial charge in [0.2, 0.25) is 0 Å². The summed E-state index contributed by atoms with van der Waals surface area (Å²) in [5.41, 5.74) is 3.15. The van der Waals surface area contributed by atoms with Crippen molar-refractivity contribution < 1.29 is 9.15 Å². The van der Waals surface area contributed by atoms with Gasteiger partial charge in [-0.15, -0.1) is 0 Å². The number of benzene rings is 2. The largest absolute Gasteiger partial charge is 0.489 e. The summed E-state index contributed by atoms with van der Waals surface area (Å²) in [5.74, 6) is 0.697. The maximum absolute atomic E-state index is 12.0. The highest BCUT2D eigenvalue weighted by Gasteiger charge is 2.10. The van der Waals surface area contributed by atoms with Gasteiger partial charge in [0.15, 0.2) is 0 Å². The van der Waals surface area contributed by atoms with E-state index in [1.807, 2.05) is 56.3 Å². The highest BCUT2D eigenvalue weighted by atomic mass is 16.5. The third kappa shape index (κ3) is 2.75. The molecule has 3 rings (SSSR count). The SMILES string of the molecule is CCc1c(C)c2ccc(OCc3ccccc3)cc2oc1=O. The van der Waals surface area contributed by atoms with Crippen LogP contribution in [0.4, 0.5) is 0 Å². The van der Waals surface area contributed by atoms with Crippen molar-refractivity contribution in [3.05, 3.63) is 75.6 Å². The molecule has 112 valence electrons. The molecule has 0 aliphatic rings. The second-order valence-corrected chi connectivity index (χ2v) is 5.28. The van der Waals surface area contributed by atoms with Gasteiger partial charge in [-0.3, -0.25) is 0 Å². The highest BCUT2D eigenvalue weighted by Crippen LogP contribution is 2.24. The standard InChI is InChI=1S/C19H18O3/c1-3-16-13(2)17-10-9-15(11-18(17)22-19(16)20)21-12-14-7-5-4-6-8-14/h4-11H,3,12H2,1-2H3. The van der Waals surface area contributed by atoms with Crippen molar-refractivity contribution in [3.63, 3.8) is 0 Å². The fourth-order valence-electron chi connectivity index (χ4n) is 2.61. The third-order valence-electron chi connectivity index (χ3n) is 3.86. The number of hydrogen-bond acceptors (Lipinski definition) is 3. The van der Waals surface area contributed by atoms with Gasteiger partial charge in [-0.25, -0.2) is 4.79 Å². The molecule has 0 aliphatic heterocycles. The van der Waals surface area contributed by atoms with Gasteiger partial charge in [-0.2, -0.15) is 0 Å². The van der Waals surface area contributed by atoms with Gasteiger partial charge >= 0.3 is 5.63 Å². The average molecular weight is 294 g/mol. The number of hydrogen-bond donors (Lipinski definition) is 0. The molecule has 3 aromatic rings. The first-order valence-electron chi connectivity index (χ1n) is 7.42. The second kappa shape index (κ2) is 6.06. The van der Waals surface area contributed by atoms with E-state index in [0.717, 1.165) is 22.1 Å². The molecule has 0 spiro atoms. The minimum Gasteiger partial charge on any atom is -0.489 e. The van der Waals surface area contributed by atoms with Crippen molar-refractivity contribution in [2.24, 2.45) is 0 Å². The Morgan fingerprint density at radius 3 is 2.59 bits per heavy atom. The lowest BCUT2D eigenvalue weighted by Crippen LogP contribution is -2.09. The van der Waals surface area contributed by atoms with Gasteiger partial charge in [0.05, 0.1) is 0 Å². The predicted octanol–water partition coefficient (Wildman–Crippen LogP) is 4.24. The normalized spacial score (nSPS) is 10.8. The molecule has 2 aromatic carbocycles. The van der Waals surface area contributed by atoms with Crippen LogP contribution in [-0.2, 0) is 13.0 Å². The van der Waals surface area contributed by atoms with Crippen molar-refractivity contribution in [2.45, 2.75) is 26.9 Å². The van der Waals surface area contributed by atoms with Crippen molar-refractivity contribution in [2.75, 3.05) is 0 Å². The first kappa shape index (κ1) is 14.4. The summed E-state index contributed by atoms with van der Waals surface area (Å²) >= 11 is 0. The van der Waals surface area contributed by atoms with E-state index in [1.165, 1.54) is 0 Å². The van der Waals surface area contributed by atoms with E-state index in [0.29, 0.717) is 24.4 Å². The van der Waals surface area contributed by atoms with Gasteiger partial charge < -0.3 is 9.15 Å². The molecule has 0 N–H and O–H groups in total. The molecule has 1 aromatic heterocycles. The molecule has 0 saturated heterocycles. The van der Waals surface area contributed by atoms with Crippen LogP contribution < -0.4 is 10.4 Å². The molecule has 0 amide bonds. The molecule has 0 bridgehead atoms. The van der Waals surface area contributed by atoms with E-state index in [4.69, 9.17) is 9.15 Å². The first-order chi connectivity index (χ1) is 10.7. The van der Waals surface area contributed by atoms with Crippen LogP contribution in [0.5, 0.6) is 5.75 Å².